The van der Waals surface area contributed by atoms with Crippen molar-refractivity contribution in [3.63, 3.8) is 0 Å². The third-order valence-corrected chi connectivity index (χ3v) is 4.40. The standard InChI is InChI=1S/C15H15BrO2/c1-15(10-16,11-2-6-13(17)7-3-11)12-4-8-14(18)9-5-12/h2-9,17-18H,10H2,1H3. The molecule has 0 aliphatic carbocycles. The Balaban J connectivity index is 2.47. The van der Waals surface area contributed by atoms with Crippen LogP contribution in [-0.4, -0.2) is 15.5 Å². The average Bonchev–Trinajstić information content (AvgIpc) is 2.39. The number of aromatic hydroxyl groups is 2. The highest BCUT2D eigenvalue weighted by Crippen LogP contribution is 2.35. The van der Waals surface area contributed by atoms with Crippen LogP contribution in [0, 0.1) is 0 Å². The Morgan fingerprint density at radius 3 is 1.44 bits per heavy atom. The normalized spacial score (nSPS) is 11.4. The smallest absolute Gasteiger partial charge is 0.115 e. The molecular weight excluding hydrogens is 292 g/mol. The van der Waals surface area contributed by atoms with Crippen molar-refractivity contribution in [2.24, 2.45) is 0 Å². The molecule has 0 aliphatic heterocycles. The molecule has 0 bridgehead atoms. The minimum Gasteiger partial charge on any atom is -0.508 e. The van der Waals surface area contributed by atoms with E-state index in [1.54, 1.807) is 24.3 Å². The summed E-state index contributed by atoms with van der Waals surface area (Å²) in [6.07, 6.45) is 0. The second kappa shape index (κ2) is 5.02. The molecule has 18 heavy (non-hydrogen) atoms. The summed E-state index contributed by atoms with van der Waals surface area (Å²) in [7, 11) is 0. The first-order valence-electron chi connectivity index (χ1n) is 5.71. The molecule has 2 rings (SSSR count). The molecule has 2 aromatic carbocycles. The molecule has 0 unspecified atom stereocenters. The summed E-state index contributed by atoms with van der Waals surface area (Å²) in [5, 5.41) is 19.5. The molecular formula is C15H15BrO2. The van der Waals surface area contributed by atoms with Crippen molar-refractivity contribution in [2.45, 2.75) is 12.3 Å². The van der Waals surface area contributed by atoms with Crippen molar-refractivity contribution < 1.29 is 10.2 Å². The van der Waals surface area contributed by atoms with E-state index in [0.717, 1.165) is 16.5 Å². The summed E-state index contributed by atoms with van der Waals surface area (Å²) in [6, 6.07) is 14.4. The molecule has 0 fully saturated rings. The van der Waals surface area contributed by atoms with Gasteiger partial charge in [-0.1, -0.05) is 47.1 Å². The van der Waals surface area contributed by atoms with Crippen LogP contribution < -0.4 is 0 Å². The third-order valence-electron chi connectivity index (χ3n) is 3.28. The molecule has 3 heteroatoms. The number of phenolic OH excluding ortho intramolecular Hbond substituents is 2. The molecule has 0 atom stereocenters. The Hall–Kier alpha value is -1.48. The number of phenols is 2. The first-order valence-corrected chi connectivity index (χ1v) is 6.83. The average molecular weight is 307 g/mol. The number of rotatable bonds is 3. The van der Waals surface area contributed by atoms with Crippen LogP contribution in [0.2, 0.25) is 0 Å². The van der Waals surface area contributed by atoms with Crippen molar-refractivity contribution in [3.05, 3.63) is 59.7 Å². The SMILES string of the molecule is CC(CBr)(c1ccc(O)cc1)c1ccc(O)cc1. The first kappa shape index (κ1) is 13.0. The zero-order valence-electron chi connectivity index (χ0n) is 10.1. The van der Waals surface area contributed by atoms with Gasteiger partial charge in [0.15, 0.2) is 0 Å². The van der Waals surface area contributed by atoms with Crippen molar-refractivity contribution in [3.8, 4) is 11.5 Å². The zero-order valence-corrected chi connectivity index (χ0v) is 11.7. The Morgan fingerprint density at radius 2 is 1.17 bits per heavy atom. The van der Waals surface area contributed by atoms with E-state index >= 15 is 0 Å². The van der Waals surface area contributed by atoms with Crippen LogP contribution in [0.3, 0.4) is 0 Å². The molecule has 2 N–H and O–H groups in total. The number of halogens is 1. The highest BCUT2D eigenvalue weighted by atomic mass is 79.9. The van der Waals surface area contributed by atoms with Crippen molar-refractivity contribution in [1.82, 2.24) is 0 Å². The Kier molecular flexibility index (Phi) is 3.62. The Bertz CT molecular complexity index is 472. The lowest BCUT2D eigenvalue weighted by molar-refractivity contribution is 0.474. The molecule has 0 aliphatic rings. The molecule has 2 nitrogen and oxygen atoms in total. The molecule has 2 aromatic rings. The maximum Gasteiger partial charge on any atom is 0.115 e. The van der Waals surface area contributed by atoms with Gasteiger partial charge in [-0.15, -0.1) is 0 Å². The van der Waals surface area contributed by atoms with Crippen LogP contribution in [0.25, 0.3) is 0 Å². The lowest BCUT2D eigenvalue weighted by Gasteiger charge is -2.29. The maximum absolute atomic E-state index is 9.36. The largest absolute Gasteiger partial charge is 0.508 e. The topological polar surface area (TPSA) is 40.5 Å². The third kappa shape index (κ3) is 2.36. The van der Waals surface area contributed by atoms with Crippen LogP contribution in [-0.2, 0) is 5.41 Å². The summed E-state index contributed by atoms with van der Waals surface area (Å²) in [5.74, 6) is 0.530. The second-order valence-corrected chi connectivity index (χ2v) is 5.12. The van der Waals surface area contributed by atoms with Gasteiger partial charge in [0.2, 0.25) is 0 Å². The van der Waals surface area contributed by atoms with Gasteiger partial charge in [-0.2, -0.15) is 0 Å². The fourth-order valence-electron chi connectivity index (χ4n) is 1.98. The molecule has 0 saturated carbocycles. The summed E-state index contributed by atoms with van der Waals surface area (Å²) in [4.78, 5) is 0. The molecule has 0 amide bonds. The quantitative estimate of drug-likeness (QED) is 0.847. The van der Waals surface area contributed by atoms with E-state index in [1.165, 1.54) is 0 Å². The van der Waals surface area contributed by atoms with E-state index in [9.17, 15) is 10.2 Å². The lowest BCUT2D eigenvalue weighted by atomic mass is 9.78. The van der Waals surface area contributed by atoms with Gasteiger partial charge >= 0.3 is 0 Å². The second-order valence-electron chi connectivity index (χ2n) is 4.56. The Morgan fingerprint density at radius 1 is 0.833 bits per heavy atom. The van der Waals surface area contributed by atoms with E-state index in [0.29, 0.717) is 0 Å². The van der Waals surface area contributed by atoms with Crippen LogP contribution >= 0.6 is 15.9 Å². The van der Waals surface area contributed by atoms with Crippen LogP contribution in [0.5, 0.6) is 11.5 Å². The van der Waals surface area contributed by atoms with Crippen molar-refractivity contribution >= 4 is 15.9 Å². The van der Waals surface area contributed by atoms with Crippen LogP contribution in [0.1, 0.15) is 18.1 Å². The fraction of sp³-hybridized carbons (Fsp3) is 0.200. The number of alkyl halides is 1. The molecule has 94 valence electrons. The summed E-state index contributed by atoms with van der Waals surface area (Å²) >= 11 is 3.56. The van der Waals surface area contributed by atoms with Gasteiger partial charge < -0.3 is 10.2 Å². The Labute approximate surface area is 115 Å². The van der Waals surface area contributed by atoms with Crippen LogP contribution in [0.15, 0.2) is 48.5 Å². The predicted molar refractivity (Wildman–Crippen MR) is 76.5 cm³/mol. The predicted octanol–water partition coefficient (Wildman–Crippen LogP) is 3.80. The highest BCUT2D eigenvalue weighted by molar-refractivity contribution is 9.09. The van der Waals surface area contributed by atoms with Crippen molar-refractivity contribution in [2.75, 3.05) is 5.33 Å². The zero-order chi connectivity index (χ0) is 13.2. The summed E-state index contributed by atoms with van der Waals surface area (Å²) in [6.45, 7) is 2.13. The monoisotopic (exact) mass is 306 g/mol. The van der Waals surface area contributed by atoms with Gasteiger partial charge in [0.05, 0.1) is 0 Å². The first-order chi connectivity index (χ1) is 8.56. The fourth-order valence-corrected chi connectivity index (χ4v) is 2.63. The number of hydrogen-bond donors (Lipinski definition) is 2. The molecule has 0 aromatic heterocycles. The van der Waals surface area contributed by atoms with Crippen molar-refractivity contribution in [1.29, 1.82) is 0 Å². The minimum absolute atomic E-state index is 0.193. The van der Waals surface area contributed by atoms with E-state index in [1.807, 2.05) is 24.3 Å². The molecule has 0 radical (unpaired) electrons. The maximum atomic E-state index is 9.36. The van der Waals surface area contributed by atoms with Crippen LogP contribution in [0.4, 0.5) is 0 Å². The van der Waals surface area contributed by atoms with Gasteiger partial charge in [0.25, 0.3) is 0 Å². The van der Waals surface area contributed by atoms with Gasteiger partial charge in [-0.05, 0) is 35.4 Å². The molecule has 0 heterocycles. The van der Waals surface area contributed by atoms with Gasteiger partial charge in [-0.3, -0.25) is 0 Å². The lowest BCUT2D eigenvalue weighted by Crippen LogP contribution is -2.25. The van der Waals surface area contributed by atoms with E-state index in [-0.39, 0.29) is 16.9 Å². The van der Waals surface area contributed by atoms with E-state index in [2.05, 4.69) is 22.9 Å². The molecule has 0 saturated heterocycles. The summed E-state index contributed by atoms with van der Waals surface area (Å²) < 4.78 is 0. The van der Waals surface area contributed by atoms with Gasteiger partial charge in [-0.25, -0.2) is 0 Å². The number of benzene rings is 2. The van der Waals surface area contributed by atoms with E-state index < -0.39 is 0 Å². The van der Waals surface area contributed by atoms with Gasteiger partial charge in [0.1, 0.15) is 11.5 Å². The number of hydrogen-bond acceptors (Lipinski definition) is 2. The minimum atomic E-state index is -0.193. The summed E-state index contributed by atoms with van der Waals surface area (Å²) in [5.41, 5.74) is 2.03. The molecule has 0 spiro atoms. The van der Waals surface area contributed by atoms with E-state index in [4.69, 9.17) is 0 Å². The highest BCUT2D eigenvalue weighted by Gasteiger charge is 2.27. The van der Waals surface area contributed by atoms with Gasteiger partial charge in [0, 0.05) is 10.7 Å².